The van der Waals surface area contributed by atoms with Gasteiger partial charge in [-0.15, -0.1) is 11.6 Å². The molecular weight excluding hydrogens is 138 g/mol. The Balaban J connectivity index is 2.97. The van der Waals surface area contributed by atoms with Gasteiger partial charge in [0.05, 0.1) is 7.11 Å². The lowest BCUT2D eigenvalue weighted by Gasteiger charge is -2.05. The van der Waals surface area contributed by atoms with Crippen LogP contribution < -0.4 is 5.32 Å². The zero-order valence-electron chi connectivity index (χ0n) is 5.61. The highest BCUT2D eigenvalue weighted by Crippen LogP contribution is 1.85. The van der Waals surface area contributed by atoms with Crippen molar-refractivity contribution < 1.29 is 4.74 Å². The van der Waals surface area contributed by atoms with Gasteiger partial charge in [0.2, 0.25) is 0 Å². The molecule has 0 atom stereocenters. The van der Waals surface area contributed by atoms with E-state index in [0.717, 1.165) is 13.0 Å². The summed E-state index contributed by atoms with van der Waals surface area (Å²) in [6, 6.07) is 0. The molecule has 0 heterocycles. The number of alkyl halides is 1. The minimum absolute atomic E-state index is 0.597. The Morgan fingerprint density at radius 1 is 1.78 bits per heavy atom. The molecule has 0 amide bonds. The van der Waals surface area contributed by atoms with Crippen molar-refractivity contribution >= 4 is 11.6 Å². The average Bonchev–Trinajstić information content (AvgIpc) is 1.89. The number of hydrogen-bond donors (Lipinski definition) is 1. The highest BCUT2D eigenvalue weighted by molar-refractivity contribution is 6.17. The molecule has 0 aliphatic rings. The first-order chi connectivity index (χ1) is 4.31. The van der Waals surface area contributed by atoms with E-state index in [-0.39, 0.29) is 0 Å². The number of methoxy groups -OCH3 is 1. The monoisotopic (exact) mass is 149 g/mol. The Morgan fingerprint density at radius 3 is 2.89 bits per heavy atom. The number of rotatable bonds is 5. The Labute approximate surface area is 60.8 Å². The minimum atomic E-state index is 0.597. The molecule has 0 unspecified atom stereocenters. The first kappa shape index (κ1) is 8.63. The van der Waals surface area contributed by atoms with Crippen LogP contribution in [0.2, 0.25) is 0 Å². The Kier molecular flexibility index (Phi) is 5.52. The molecule has 0 radical (unpaired) electrons. The maximum Gasteiger partial charge on any atom is 0.178 e. The molecule has 9 heavy (non-hydrogen) atoms. The summed E-state index contributed by atoms with van der Waals surface area (Å²) in [6.45, 7) is 4.40. The molecule has 3 heteroatoms. The fourth-order valence-corrected chi connectivity index (χ4v) is 0.500. The first-order valence-corrected chi connectivity index (χ1v) is 3.37. The van der Waals surface area contributed by atoms with E-state index < -0.39 is 0 Å². The van der Waals surface area contributed by atoms with Crippen LogP contribution in [0.25, 0.3) is 0 Å². The zero-order valence-corrected chi connectivity index (χ0v) is 6.37. The van der Waals surface area contributed by atoms with E-state index in [1.54, 1.807) is 7.11 Å². The summed E-state index contributed by atoms with van der Waals surface area (Å²) < 4.78 is 4.75. The Hall–Kier alpha value is -0.370. The van der Waals surface area contributed by atoms with Crippen molar-refractivity contribution in [2.75, 3.05) is 19.5 Å². The van der Waals surface area contributed by atoms with Crippen molar-refractivity contribution in [2.24, 2.45) is 0 Å². The van der Waals surface area contributed by atoms with Crippen LogP contribution in [0.3, 0.4) is 0 Å². The van der Waals surface area contributed by atoms with E-state index in [4.69, 9.17) is 16.3 Å². The van der Waals surface area contributed by atoms with Gasteiger partial charge in [-0.1, -0.05) is 0 Å². The van der Waals surface area contributed by atoms with Gasteiger partial charge in [-0.3, -0.25) is 0 Å². The summed E-state index contributed by atoms with van der Waals surface area (Å²) in [5, 5.41) is 2.93. The van der Waals surface area contributed by atoms with E-state index >= 15 is 0 Å². The van der Waals surface area contributed by atoms with Gasteiger partial charge in [-0.25, -0.2) is 0 Å². The van der Waals surface area contributed by atoms with Gasteiger partial charge in [0.1, 0.15) is 0 Å². The third-order valence-electron chi connectivity index (χ3n) is 0.879. The summed E-state index contributed by atoms with van der Waals surface area (Å²) in [6.07, 6.45) is 0.934. The van der Waals surface area contributed by atoms with E-state index in [1.165, 1.54) is 0 Å². The second-order valence-corrected chi connectivity index (χ2v) is 1.97. The van der Waals surface area contributed by atoms with Crippen LogP contribution in [-0.2, 0) is 4.74 Å². The van der Waals surface area contributed by atoms with Crippen LogP contribution in [-0.4, -0.2) is 19.5 Å². The Bertz CT molecular complexity index is 85.1. The van der Waals surface area contributed by atoms with Gasteiger partial charge in [-0.2, -0.15) is 0 Å². The second kappa shape index (κ2) is 5.76. The summed E-state index contributed by atoms with van der Waals surface area (Å²) >= 11 is 5.42. The quantitative estimate of drug-likeness (QED) is 0.362. The molecule has 0 saturated heterocycles. The normalized spacial score (nSPS) is 8.67. The van der Waals surface area contributed by atoms with Crippen molar-refractivity contribution in [1.29, 1.82) is 0 Å². The summed E-state index contributed by atoms with van der Waals surface area (Å²) in [5.41, 5.74) is 0. The lowest BCUT2D eigenvalue weighted by molar-refractivity contribution is 0.264. The smallest absolute Gasteiger partial charge is 0.178 e. The molecule has 0 aromatic rings. The standard InChI is InChI=1S/C6H12ClNO/c1-6(9-2)8-5-3-4-7/h8H,1,3-5H2,2H3. The topological polar surface area (TPSA) is 21.3 Å². The van der Waals surface area contributed by atoms with Gasteiger partial charge in [0.25, 0.3) is 0 Å². The van der Waals surface area contributed by atoms with Crippen LogP contribution in [0, 0.1) is 0 Å². The van der Waals surface area contributed by atoms with Crippen molar-refractivity contribution in [1.82, 2.24) is 5.32 Å². The predicted molar refractivity (Wildman–Crippen MR) is 39.5 cm³/mol. The number of ether oxygens (including phenoxy) is 1. The van der Waals surface area contributed by atoms with E-state index in [9.17, 15) is 0 Å². The fraction of sp³-hybridized carbons (Fsp3) is 0.667. The van der Waals surface area contributed by atoms with E-state index in [2.05, 4.69) is 11.9 Å². The summed E-state index contributed by atoms with van der Waals surface area (Å²) in [5.74, 6) is 1.27. The van der Waals surface area contributed by atoms with Gasteiger partial charge in [0, 0.05) is 12.4 Å². The molecule has 0 aliphatic heterocycles. The predicted octanol–water partition coefficient (Wildman–Crippen LogP) is 1.32. The molecule has 2 nitrogen and oxygen atoms in total. The van der Waals surface area contributed by atoms with Gasteiger partial charge < -0.3 is 10.1 Å². The molecule has 54 valence electrons. The number of hydrogen-bond acceptors (Lipinski definition) is 2. The SMILES string of the molecule is C=C(NCCCCl)OC. The lowest BCUT2D eigenvalue weighted by atomic mass is 10.5. The average molecular weight is 150 g/mol. The molecule has 0 saturated carbocycles. The van der Waals surface area contributed by atoms with Gasteiger partial charge >= 0.3 is 0 Å². The maximum atomic E-state index is 5.42. The maximum absolute atomic E-state index is 5.42. The molecule has 1 N–H and O–H groups in total. The van der Waals surface area contributed by atoms with E-state index in [1.807, 2.05) is 0 Å². The van der Waals surface area contributed by atoms with Crippen LogP contribution >= 0.6 is 11.6 Å². The summed E-state index contributed by atoms with van der Waals surface area (Å²) in [7, 11) is 1.58. The first-order valence-electron chi connectivity index (χ1n) is 2.84. The van der Waals surface area contributed by atoms with Crippen molar-refractivity contribution in [3.63, 3.8) is 0 Å². The van der Waals surface area contributed by atoms with Crippen LogP contribution in [0.4, 0.5) is 0 Å². The van der Waals surface area contributed by atoms with E-state index in [0.29, 0.717) is 11.8 Å². The molecule has 0 aromatic heterocycles. The molecule has 0 rings (SSSR count). The second-order valence-electron chi connectivity index (χ2n) is 1.60. The molecule has 0 fully saturated rings. The number of nitrogens with one attached hydrogen (secondary N) is 1. The summed E-state index contributed by atoms with van der Waals surface area (Å²) in [4.78, 5) is 0. The zero-order chi connectivity index (χ0) is 7.11. The molecular formula is C6H12ClNO. The van der Waals surface area contributed by atoms with Crippen LogP contribution in [0.5, 0.6) is 0 Å². The Morgan fingerprint density at radius 2 is 2.44 bits per heavy atom. The van der Waals surface area contributed by atoms with Crippen molar-refractivity contribution in [3.05, 3.63) is 12.5 Å². The van der Waals surface area contributed by atoms with Crippen LogP contribution in [0.15, 0.2) is 12.5 Å². The largest absolute Gasteiger partial charge is 0.483 e. The fourth-order valence-electron chi connectivity index (χ4n) is 0.367. The number of halogens is 1. The van der Waals surface area contributed by atoms with Crippen molar-refractivity contribution in [3.8, 4) is 0 Å². The van der Waals surface area contributed by atoms with Crippen molar-refractivity contribution in [2.45, 2.75) is 6.42 Å². The lowest BCUT2D eigenvalue weighted by Crippen LogP contribution is -2.15. The molecule has 0 spiro atoms. The van der Waals surface area contributed by atoms with Crippen LogP contribution in [0.1, 0.15) is 6.42 Å². The highest BCUT2D eigenvalue weighted by atomic mass is 35.5. The molecule has 0 bridgehead atoms. The highest BCUT2D eigenvalue weighted by Gasteiger charge is 1.86. The molecule has 0 aliphatic carbocycles. The third-order valence-corrected chi connectivity index (χ3v) is 1.15. The third kappa shape index (κ3) is 5.50. The molecule has 0 aromatic carbocycles. The van der Waals surface area contributed by atoms with Gasteiger partial charge in [0.15, 0.2) is 5.88 Å². The minimum Gasteiger partial charge on any atom is -0.483 e. The van der Waals surface area contributed by atoms with Gasteiger partial charge in [-0.05, 0) is 13.0 Å².